The van der Waals surface area contributed by atoms with E-state index in [1.54, 1.807) is 13.3 Å². The Morgan fingerprint density at radius 2 is 2.41 bits per heavy atom. The molecule has 6 heteroatoms. The third kappa shape index (κ3) is 4.50. The quantitative estimate of drug-likeness (QED) is 0.741. The number of halogens is 1. The molecule has 0 bridgehead atoms. The van der Waals surface area contributed by atoms with Gasteiger partial charge in [-0.25, -0.2) is 0 Å². The normalized spacial score (nSPS) is 12.9. The van der Waals surface area contributed by atoms with Crippen LogP contribution in [0.2, 0.25) is 5.02 Å². The SMILES string of the molecule is CCCSCC(N)c1c(Cl)cnn1CCOC. The first-order valence-electron chi connectivity index (χ1n) is 5.74. The van der Waals surface area contributed by atoms with Crippen molar-refractivity contribution in [2.45, 2.75) is 25.9 Å². The highest BCUT2D eigenvalue weighted by Crippen LogP contribution is 2.24. The number of hydrogen-bond donors (Lipinski definition) is 1. The van der Waals surface area contributed by atoms with Crippen molar-refractivity contribution in [3.05, 3.63) is 16.9 Å². The molecule has 1 aromatic heterocycles. The highest BCUT2D eigenvalue weighted by Gasteiger charge is 2.16. The van der Waals surface area contributed by atoms with Gasteiger partial charge in [-0.1, -0.05) is 18.5 Å². The molecule has 1 heterocycles. The minimum Gasteiger partial charge on any atom is -0.383 e. The second-order valence-corrected chi connectivity index (χ2v) is 5.33. The van der Waals surface area contributed by atoms with Gasteiger partial charge in [0.15, 0.2) is 0 Å². The molecule has 0 radical (unpaired) electrons. The minimum absolute atomic E-state index is 0.0709. The summed E-state index contributed by atoms with van der Waals surface area (Å²) in [4.78, 5) is 0. The monoisotopic (exact) mass is 277 g/mol. The van der Waals surface area contributed by atoms with Gasteiger partial charge in [0.2, 0.25) is 0 Å². The van der Waals surface area contributed by atoms with Gasteiger partial charge in [-0.05, 0) is 12.2 Å². The Morgan fingerprint density at radius 3 is 3.06 bits per heavy atom. The minimum atomic E-state index is -0.0709. The first-order valence-corrected chi connectivity index (χ1v) is 7.27. The molecule has 1 rings (SSSR count). The van der Waals surface area contributed by atoms with Crippen molar-refractivity contribution in [2.75, 3.05) is 25.2 Å². The number of thioether (sulfide) groups is 1. The van der Waals surface area contributed by atoms with Gasteiger partial charge in [0, 0.05) is 12.9 Å². The Bertz CT molecular complexity index is 333. The molecule has 1 unspecified atom stereocenters. The number of rotatable bonds is 8. The molecule has 1 atom stereocenters. The van der Waals surface area contributed by atoms with Crippen molar-refractivity contribution in [1.82, 2.24) is 9.78 Å². The summed E-state index contributed by atoms with van der Waals surface area (Å²) >= 11 is 7.96. The van der Waals surface area contributed by atoms with Crippen LogP contribution in [0.15, 0.2) is 6.20 Å². The van der Waals surface area contributed by atoms with Gasteiger partial charge < -0.3 is 10.5 Å². The van der Waals surface area contributed by atoms with E-state index in [9.17, 15) is 0 Å². The third-order valence-electron chi connectivity index (χ3n) is 2.34. The van der Waals surface area contributed by atoms with E-state index in [0.717, 1.165) is 23.6 Å². The first kappa shape index (κ1) is 14.8. The predicted molar refractivity (Wildman–Crippen MR) is 73.7 cm³/mol. The van der Waals surface area contributed by atoms with Crippen LogP contribution in [0.4, 0.5) is 0 Å². The molecule has 0 saturated carbocycles. The zero-order chi connectivity index (χ0) is 12.7. The summed E-state index contributed by atoms with van der Waals surface area (Å²) in [7, 11) is 1.67. The Kier molecular flexibility index (Phi) is 6.96. The number of ether oxygens (including phenoxy) is 1. The van der Waals surface area contributed by atoms with E-state index in [4.69, 9.17) is 22.1 Å². The average molecular weight is 278 g/mol. The molecule has 0 fully saturated rings. The second kappa shape index (κ2) is 7.97. The maximum atomic E-state index is 6.15. The third-order valence-corrected chi connectivity index (χ3v) is 3.92. The van der Waals surface area contributed by atoms with Gasteiger partial charge >= 0.3 is 0 Å². The van der Waals surface area contributed by atoms with Crippen molar-refractivity contribution in [3.8, 4) is 0 Å². The highest BCUT2D eigenvalue weighted by molar-refractivity contribution is 7.99. The molecule has 0 aromatic carbocycles. The molecule has 17 heavy (non-hydrogen) atoms. The van der Waals surface area contributed by atoms with Crippen LogP contribution in [0.1, 0.15) is 25.1 Å². The average Bonchev–Trinajstić information content (AvgIpc) is 2.68. The van der Waals surface area contributed by atoms with Crippen LogP contribution in [-0.2, 0) is 11.3 Å². The van der Waals surface area contributed by atoms with E-state index in [1.807, 2.05) is 16.4 Å². The van der Waals surface area contributed by atoms with Crippen LogP contribution in [0.25, 0.3) is 0 Å². The summed E-state index contributed by atoms with van der Waals surface area (Å²) in [6, 6.07) is -0.0709. The van der Waals surface area contributed by atoms with Gasteiger partial charge in [-0.15, -0.1) is 0 Å². The summed E-state index contributed by atoms with van der Waals surface area (Å²) in [5.74, 6) is 1.99. The zero-order valence-corrected chi connectivity index (χ0v) is 11.9. The second-order valence-electron chi connectivity index (χ2n) is 3.78. The molecule has 0 saturated heterocycles. The van der Waals surface area contributed by atoms with Crippen LogP contribution in [0.5, 0.6) is 0 Å². The Hall–Kier alpha value is -0.230. The number of methoxy groups -OCH3 is 1. The van der Waals surface area contributed by atoms with E-state index in [-0.39, 0.29) is 6.04 Å². The number of nitrogens with two attached hydrogens (primary N) is 1. The highest BCUT2D eigenvalue weighted by atomic mass is 35.5. The van der Waals surface area contributed by atoms with E-state index in [0.29, 0.717) is 18.2 Å². The fourth-order valence-electron chi connectivity index (χ4n) is 1.53. The smallest absolute Gasteiger partial charge is 0.0834 e. The molecule has 4 nitrogen and oxygen atoms in total. The lowest BCUT2D eigenvalue weighted by molar-refractivity contribution is 0.182. The summed E-state index contributed by atoms with van der Waals surface area (Å²) in [5.41, 5.74) is 7.06. The Balaban J connectivity index is 2.63. The van der Waals surface area contributed by atoms with Crippen molar-refractivity contribution in [1.29, 1.82) is 0 Å². The van der Waals surface area contributed by atoms with Gasteiger partial charge in [0.05, 0.1) is 36.1 Å². The molecule has 1 aromatic rings. The predicted octanol–water partition coefficient (Wildman–Crippen LogP) is 2.33. The van der Waals surface area contributed by atoms with E-state index < -0.39 is 0 Å². The number of aromatic nitrogens is 2. The fourth-order valence-corrected chi connectivity index (χ4v) is 2.68. The van der Waals surface area contributed by atoms with Gasteiger partial charge in [-0.2, -0.15) is 16.9 Å². The van der Waals surface area contributed by atoms with Crippen LogP contribution in [0, 0.1) is 0 Å². The van der Waals surface area contributed by atoms with Crippen molar-refractivity contribution in [3.63, 3.8) is 0 Å². The van der Waals surface area contributed by atoms with Gasteiger partial charge in [0.1, 0.15) is 0 Å². The molecule has 0 aliphatic heterocycles. The van der Waals surface area contributed by atoms with Crippen molar-refractivity contribution < 1.29 is 4.74 Å². The Morgan fingerprint density at radius 1 is 1.65 bits per heavy atom. The summed E-state index contributed by atoms with van der Waals surface area (Å²) in [6.45, 7) is 3.46. The van der Waals surface area contributed by atoms with Crippen LogP contribution < -0.4 is 5.73 Å². The van der Waals surface area contributed by atoms with E-state index in [1.165, 1.54) is 0 Å². The molecular weight excluding hydrogens is 258 g/mol. The van der Waals surface area contributed by atoms with E-state index >= 15 is 0 Å². The number of nitrogens with zero attached hydrogens (tertiary/aromatic N) is 2. The summed E-state index contributed by atoms with van der Waals surface area (Å²) in [6.07, 6.45) is 2.81. The lowest BCUT2D eigenvalue weighted by Gasteiger charge is -2.14. The molecule has 2 N–H and O–H groups in total. The molecular formula is C11H20ClN3OS. The van der Waals surface area contributed by atoms with Crippen molar-refractivity contribution >= 4 is 23.4 Å². The maximum Gasteiger partial charge on any atom is 0.0834 e. The molecule has 0 aliphatic carbocycles. The van der Waals surface area contributed by atoms with Gasteiger partial charge in [-0.3, -0.25) is 4.68 Å². The van der Waals surface area contributed by atoms with Crippen LogP contribution in [0.3, 0.4) is 0 Å². The van der Waals surface area contributed by atoms with Crippen LogP contribution >= 0.6 is 23.4 Å². The van der Waals surface area contributed by atoms with Crippen molar-refractivity contribution in [2.24, 2.45) is 5.73 Å². The molecule has 0 spiro atoms. The zero-order valence-electron chi connectivity index (χ0n) is 10.4. The van der Waals surface area contributed by atoms with Gasteiger partial charge in [0.25, 0.3) is 0 Å². The standard InChI is InChI=1S/C11H20ClN3OS/c1-3-6-17-8-10(13)11-9(12)7-14-15(11)4-5-16-2/h7,10H,3-6,8,13H2,1-2H3. The summed E-state index contributed by atoms with van der Waals surface area (Å²) in [5, 5.41) is 4.86. The lowest BCUT2D eigenvalue weighted by Crippen LogP contribution is -2.20. The molecule has 0 aliphatic rings. The first-order chi connectivity index (χ1) is 8.20. The topological polar surface area (TPSA) is 53.1 Å². The summed E-state index contributed by atoms with van der Waals surface area (Å²) < 4.78 is 6.87. The fraction of sp³-hybridized carbons (Fsp3) is 0.727. The largest absolute Gasteiger partial charge is 0.383 e. The van der Waals surface area contributed by atoms with Crippen LogP contribution in [-0.4, -0.2) is 35.0 Å². The molecule has 98 valence electrons. The number of hydrogen-bond acceptors (Lipinski definition) is 4. The van der Waals surface area contributed by atoms with E-state index in [2.05, 4.69) is 12.0 Å². The lowest BCUT2D eigenvalue weighted by atomic mass is 10.2. The molecule has 0 amide bonds. The maximum absolute atomic E-state index is 6.15. The Labute approximate surface area is 112 Å².